The number of ether oxygens (including phenoxy) is 1. The monoisotopic (exact) mass is 434 g/mol. The van der Waals surface area contributed by atoms with E-state index >= 15 is 0 Å². The molecule has 0 saturated carbocycles. The minimum atomic E-state index is -0.795. The molecule has 1 atom stereocenters. The highest BCUT2D eigenvalue weighted by Crippen LogP contribution is 2.13. The van der Waals surface area contributed by atoms with Crippen molar-refractivity contribution in [2.24, 2.45) is 0 Å². The van der Waals surface area contributed by atoms with E-state index in [9.17, 15) is 14.4 Å². The highest BCUT2D eigenvalue weighted by molar-refractivity contribution is 5.84. The van der Waals surface area contributed by atoms with Crippen LogP contribution in [-0.4, -0.2) is 39.5 Å². The van der Waals surface area contributed by atoms with Gasteiger partial charge in [-0.05, 0) is 38.0 Å². The molecule has 0 aliphatic heterocycles. The van der Waals surface area contributed by atoms with Crippen molar-refractivity contribution in [3.8, 4) is 11.4 Å². The predicted molar refractivity (Wildman–Crippen MR) is 120 cm³/mol. The Labute approximate surface area is 186 Å². The van der Waals surface area contributed by atoms with E-state index < -0.39 is 12.0 Å². The lowest BCUT2D eigenvalue weighted by molar-refractivity contribution is -0.147. The third-order valence-electron chi connectivity index (χ3n) is 4.97. The van der Waals surface area contributed by atoms with Gasteiger partial charge in [-0.2, -0.15) is 0 Å². The largest absolute Gasteiger partial charge is 0.464 e. The third kappa shape index (κ3) is 6.10. The van der Waals surface area contributed by atoms with E-state index in [1.165, 1.54) is 0 Å². The molecule has 0 saturated heterocycles. The lowest BCUT2D eigenvalue weighted by Gasteiger charge is -2.17. The molecule has 0 aliphatic rings. The molecule has 2 heterocycles. The normalized spacial score (nSPS) is 11.6. The lowest BCUT2D eigenvalue weighted by atomic mass is 10.0. The molecule has 8 nitrogen and oxygen atoms in total. The minimum Gasteiger partial charge on any atom is -0.464 e. The molecular formula is C24H26N4O4. The summed E-state index contributed by atoms with van der Waals surface area (Å²) in [4.78, 5) is 48.7. The average molecular weight is 434 g/mol. The Kier molecular flexibility index (Phi) is 7.85. The topological polar surface area (TPSA) is 114 Å². The molecule has 3 aromatic rings. The van der Waals surface area contributed by atoms with Gasteiger partial charge in [0.2, 0.25) is 5.91 Å². The summed E-state index contributed by atoms with van der Waals surface area (Å²) >= 11 is 0. The number of pyridine rings is 1. The number of nitrogens with one attached hydrogen (secondary N) is 2. The maximum atomic E-state index is 12.6. The van der Waals surface area contributed by atoms with Gasteiger partial charge in [0.05, 0.1) is 6.61 Å². The third-order valence-corrected chi connectivity index (χ3v) is 4.97. The number of esters is 1. The molecule has 32 heavy (non-hydrogen) atoms. The summed E-state index contributed by atoms with van der Waals surface area (Å²) in [5, 5.41) is 2.74. The molecule has 1 aromatic carbocycles. The van der Waals surface area contributed by atoms with Crippen LogP contribution in [0.25, 0.3) is 11.4 Å². The summed E-state index contributed by atoms with van der Waals surface area (Å²) < 4.78 is 5.11. The van der Waals surface area contributed by atoms with Crippen molar-refractivity contribution in [2.45, 2.75) is 39.2 Å². The second-order valence-corrected chi connectivity index (χ2v) is 7.28. The first-order chi connectivity index (χ1) is 15.5. The molecular weight excluding hydrogens is 408 g/mol. The number of carbonyl (C=O) groups is 2. The second-order valence-electron chi connectivity index (χ2n) is 7.28. The van der Waals surface area contributed by atoms with Crippen LogP contribution in [-0.2, 0) is 27.2 Å². The molecule has 2 aromatic heterocycles. The fraction of sp³-hybridized carbons (Fsp3) is 0.292. The van der Waals surface area contributed by atoms with Crippen molar-refractivity contribution in [3.63, 3.8) is 0 Å². The quantitative estimate of drug-likeness (QED) is 0.500. The summed E-state index contributed by atoms with van der Waals surface area (Å²) in [6.45, 7) is 3.69. The van der Waals surface area contributed by atoms with Crippen molar-refractivity contribution in [2.75, 3.05) is 6.61 Å². The summed E-state index contributed by atoms with van der Waals surface area (Å²) in [5.41, 5.74) is 2.37. The second kappa shape index (κ2) is 11.0. The zero-order valence-electron chi connectivity index (χ0n) is 18.1. The average Bonchev–Trinajstić information content (AvgIpc) is 2.79. The van der Waals surface area contributed by atoms with Crippen LogP contribution in [0.2, 0.25) is 0 Å². The Morgan fingerprint density at radius 2 is 1.84 bits per heavy atom. The zero-order chi connectivity index (χ0) is 22.9. The van der Waals surface area contributed by atoms with E-state index in [2.05, 4.69) is 20.3 Å². The fourth-order valence-electron chi connectivity index (χ4n) is 3.34. The number of rotatable bonds is 9. The van der Waals surface area contributed by atoms with Crippen LogP contribution in [0.3, 0.4) is 0 Å². The Morgan fingerprint density at radius 1 is 1.12 bits per heavy atom. The molecule has 0 spiro atoms. The summed E-state index contributed by atoms with van der Waals surface area (Å²) in [5.74, 6) is -0.369. The fourth-order valence-corrected chi connectivity index (χ4v) is 3.34. The number of carbonyl (C=O) groups excluding carboxylic acids is 2. The first kappa shape index (κ1) is 22.9. The molecule has 166 valence electrons. The standard InChI is InChI=1S/C24H26N4O4/c1-3-32-24(31)20(15-17-7-5-4-6-8-17)27-21(29)10-9-19-16(2)26-22(28-23(19)30)18-11-13-25-14-12-18/h4-8,11-14,20H,3,9-10,15H2,1-2H3,(H,27,29)(H,26,28,30). The van der Waals surface area contributed by atoms with Gasteiger partial charge in [-0.3, -0.25) is 14.6 Å². The Balaban J connectivity index is 1.67. The lowest BCUT2D eigenvalue weighted by Crippen LogP contribution is -2.43. The van der Waals surface area contributed by atoms with Crippen LogP contribution < -0.4 is 10.9 Å². The van der Waals surface area contributed by atoms with Crippen LogP contribution in [0.1, 0.15) is 30.2 Å². The van der Waals surface area contributed by atoms with Gasteiger partial charge in [-0.15, -0.1) is 0 Å². The van der Waals surface area contributed by atoms with E-state index in [1.807, 2.05) is 30.3 Å². The first-order valence-corrected chi connectivity index (χ1v) is 10.5. The Bertz CT molecular complexity index is 1110. The number of hydrogen-bond donors (Lipinski definition) is 2. The van der Waals surface area contributed by atoms with Crippen LogP contribution in [0, 0.1) is 6.92 Å². The number of aromatic nitrogens is 3. The maximum Gasteiger partial charge on any atom is 0.328 e. The molecule has 1 amide bonds. The van der Waals surface area contributed by atoms with Gasteiger partial charge >= 0.3 is 5.97 Å². The van der Waals surface area contributed by atoms with Gasteiger partial charge in [0.1, 0.15) is 11.9 Å². The summed E-state index contributed by atoms with van der Waals surface area (Å²) in [6.07, 6.45) is 3.83. The number of aromatic amines is 1. The van der Waals surface area contributed by atoms with Gasteiger partial charge in [0.15, 0.2) is 0 Å². The van der Waals surface area contributed by atoms with Crippen LogP contribution in [0.5, 0.6) is 0 Å². The smallest absolute Gasteiger partial charge is 0.328 e. The number of amides is 1. The molecule has 1 unspecified atom stereocenters. The predicted octanol–water partition coefficient (Wildman–Crippen LogP) is 2.36. The number of H-pyrrole nitrogens is 1. The van der Waals surface area contributed by atoms with Gasteiger partial charge in [-0.1, -0.05) is 30.3 Å². The van der Waals surface area contributed by atoms with E-state index in [4.69, 9.17) is 4.74 Å². The van der Waals surface area contributed by atoms with Crippen LogP contribution in [0.4, 0.5) is 0 Å². The van der Waals surface area contributed by atoms with Gasteiger partial charge in [-0.25, -0.2) is 9.78 Å². The van der Waals surface area contributed by atoms with E-state index in [0.717, 1.165) is 11.1 Å². The van der Waals surface area contributed by atoms with Gasteiger partial charge in [0.25, 0.3) is 5.56 Å². The van der Waals surface area contributed by atoms with Crippen molar-refractivity contribution in [1.82, 2.24) is 20.3 Å². The van der Waals surface area contributed by atoms with E-state index in [1.54, 1.807) is 38.4 Å². The molecule has 0 bridgehead atoms. The van der Waals surface area contributed by atoms with Gasteiger partial charge < -0.3 is 15.0 Å². The number of aryl methyl sites for hydroxylation is 1. The van der Waals surface area contributed by atoms with E-state index in [-0.39, 0.29) is 30.9 Å². The Morgan fingerprint density at radius 3 is 2.50 bits per heavy atom. The summed E-state index contributed by atoms with van der Waals surface area (Å²) in [7, 11) is 0. The van der Waals surface area contributed by atoms with Gasteiger partial charge in [0, 0.05) is 42.1 Å². The SMILES string of the molecule is CCOC(=O)C(Cc1ccccc1)NC(=O)CCc1c(C)nc(-c2ccncc2)[nH]c1=O. The van der Waals surface area contributed by atoms with Crippen molar-refractivity contribution < 1.29 is 14.3 Å². The molecule has 2 N–H and O–H groups in total. The van der Waals surface area contributed by atoms with Crippen LogP contribution >= 0.6 is 0 Å². The highest BCUT2D eigenvalue weighted by Gasteiger charge is 2.23. The number of nitrogens with zero attached hydrogens (tertiary/aromatic N) is 2. The Hall–Kier alpha value is -3.81. The highest BCUT2D eigenvalue weighted by atomic mass is 16.5. The molecule has 8 heteroatoms. The molecule has 0 aliphatic carbocycles. The number of hydrogen-bond acceptors (Lipinski definition) is 6. The van der Waals surface area contributed by atoms with E-state index in [0.29, 0.717) is 23.5 Å². The molecule has 0 fully saturated rings. The first-order valence-electron chi connectivity index (χ1n) is 10.5. The van der Waals surface area contributed by atoms with Crippen molar-refractivity contribution >= 4 is 11.9 Å². The minimum absolute atomic E-state index is 0.0465. The zero-order valence-corrected chi connectivity index (χ0v) is 18.1. The molecule has 0 radical (unpaired) electrons. The maximum absolute atomic E-state index is 12.6. The van der Waals surface area contributed by atoms with Crippen molar-refractivity contribution in [3.05, 3.63) is 82.0 Å². The van der Waals surface area contributed by atoms with Crippen molar-refractivity contribution in [1.29, 1.82) is 0 Å². The van der Waals surface area contributed by atoms with Crippen LogP contribution in [0.15, 0.2) is 59.7 Å². The summed E-state index contributed by atoms with van der Waals surface area (Å²) in [6, 6.07) is 12.1. The molecule has 3 rings (SSSR count). The number of benzene rings is 1.